The zero-order chi connectivity index (χ0) is 15.1. The summed E-state index contributed by atoms with van der Waals surface area (Å²) in [6.07, 6.45) is 3.25. The number of carbonyl (C=O) groups is 1. The van der Waals surface area contributed by atoms with Crippen LogP contribution in [0.4, 0.5) is 10.7 Å². The number of para-hydroxylation sites is 1. The van der Waals surface area contributed by atoms with Gasteiger partial charge in [-0.15, -0.1) is 0 Å². The van der Waals surface area contributed by atoms with Gasteiger partial charge in [-0.05, 0) is 26.0 Å². The monoisotopic (exact) mass is 288 g/mol. The summed E-state index contributed by atoms with van der Waals surface area (Å²) in [4.78, 5) is 20.7. The van der Waals surface area contributed by atoms with Crippen LogP contribution in [0.15, 0.2) is 42.7 Å². The van der Waals surface area contributed by atoms with Gasteiger partial charge in [0.05, 0.1) is 6.54 Å². The van der Waals surface area contributed by atoms with Gasteiger partial charge in [0, 0.05) is 18.4 Å². The summed E-state index contributed by atoms with van der Waals surface area (Å²) in [5.41, 5.74) is 0. The van der Waals surface area contributed by atoms with Gasteiger partial charge in [-0.3, -0.25) is 5.32 Å². The third-order valence-corrected chi connectivity index (χ3v) is 2.95. The molecule has 21 heavy (non-hydrogen) atoms. The highest BCUT2D eigenvalue weighted by atomic mass is 16.5. The minimum absolute atomic E-state index is 0.0688. The predicted molar refractivity (Wildman–Crippen MR) is 81.4 cm³/mol. The number of carbonyl (C=O) groups excluding carboxylic acids is 1. The second-order valence-corrected chi connectivity index (χ2v) is 4.82. The number of urea groups is 1. The highest BCUT2D eigenvalue weighted by Crippen LogP contribution is 2.09. The lowest BCUT2D eigenvalue weighted by molar-refractivity contribution is 0.178. The van der Waals surface area contributed by atoms with Crippen LogP contribution in [0.1, 0.15) is 13.8 Å². The van der Waals surface area contributed by atoms with Crippen molar-refractivity contribution in [2.75, 3.05) is 18.5 Å². The van der Waals surface area contributed by atoms with Crippen molar-refractivity contribution in [3.8, 4) is 5.75 Å². The molecule has 1 heterocycles. The molecule has 0 bridgehead atoms. The van der Waals surface area contributed by atoms with E-state index in [1.54, 1.807) is 17.3 Å². The molecular weight excluding hydrogens is 268 g/mol. The van der Waals surface area contributed by atoms with Crippen LogP contribution < -0.4 is 10.1 Å². The molecule has 0 saturated carbocycles. The Hall–Kier alpha value is -2.50. The van der Waals surface area contributed by atoms with Crippen molar-refractivity contribution < 1.29 is 9.53 Å². The van der Waals surface area contributed by atoms with Crippen molar-refractivity contribution in [2.45, 2.75) is 19.9 Å². The third-order valence-electron chi connectivity index (χ3n) is 2.95. The highest BCUT2D eigenvalue weighted by molar-refractivity contribution is 5.87. The smallest absolute Gasteiger partial charge is 0.324 e. The molecule has 2 amide bonds. The number of amides is 2. The van der Waals surface area contributed by atoms with Crippen molar-refractivity contribution in [3.05, 3.63) is 42.7 Å². The number of nitrogens with one attached hydrogen (secondary N) is 2. The lowest BCUT2D eigenvalue weighted by Crippen LogP contribution is -2.42. The van der Waals surface area contributed by atoms with Crippen LogP contribution in [0.3, 0.4) is 0 Å². The number of H-pyrrole nitrogens is 1. The fourth-order valence-corrected chi connectivity index (χ4v) is 1.88. The normalized spacial score (nSPS) is 10.4. The van der Waals surface area contributed by atoms with E-state index in [0.717, 1.165) is 5.75 Å². The summed E-state index contributed by atoms with van der Waals surface area (Å²) in [5, 5.41) is 2.72. The molecule has 1 aromatic carbocycles. The van der Waals surface area contributed by atoms with Gasteiger partial charge in [-0.1, -0.05) is 18.2 Å². The molecule has 0 aliphatic heterocycles. The maximum atomic E-state index is 12.2. The first-order valence-electron chi connectivity index (χ1n) is 6.91. The summed E-state index contributed by atoms with van der Waals surface area (Å²) in [5.74, 6) is 1.24. The predicted octanol–water partition coefficient (Wildman–Crippen LogP) is 2.73. The topological polar surface area (TPSA) is 70.2 Å². The number of imidazole rings is 1. The Kier molecular flexibility index (Phi) is 5.20. The molecule has 0 atom stereocenters. The van der Waals surface area contributed by atoms with Gasteiger partial charge < -0.3 is 14.6 Å². The standard InChI is InChI=1S/C15H20N4O2/c1-12(2)19(15(20)18-14-16-8-9-17-14)10-11-21-13-6-4-3-5-7-13/h3-9,12H,10-11H2,1-2H3,(H2,16,17,18,20). The van der Waals surface area contributed by atoms with Gasteiger partial charge in [0.15, 0.2) is 0 Å². The van der Waals surface area contributed by atoms with E-state index in [1.165, 1.54) is 0 Å². The average Bonchev–Trinajstić information content (AvgIpc) is 2.97. The molecule has 6 nitrogen and oxygen atoms in total. The first kappa shape index (κ1) is 14.9. The zero-order valence-corrected chi connectivity index (χ0v) is 12.2. The molecule has 0 saturated heterocycles. The summed E-state index contributed by atoms with van der Waals surface area (Å²) in [7, 11) is 0. The van der Waals surface area contributed by atoms with Gasteiger partial charge in [0.2, 0.25) is 5.95 Å². The minimum atomic E-state index is -0.198. The molecule has 0 aliphatic carbocycles. The maximum Gasteiger partial charge on any atom is 0.324 e. The van der Waals surface area contributed by atoms with Gasteiger partial charge >= 0.3 is 6.03 Å². The maximum absolute atomic E-state index is 12.2. The molecule has 0 unspecified atom stereocenters. The van der Waals surface area contributed by atoms with E-state index in [0.29, 0.717) is 19.1 Å². The van der Waals surface area contributed by atoms with E-state index >= 15 is 0 Å². The van der Waals surface area contributed by atoms with Crippen LogP contribution in [0.5, 0.6) is 5.75 Å². The number of benzene rings is 1. The van der Waals surface area contributed by atoms with E-state index in [2.05, 4.69) is 15.3 Å². The Morgan fingerprint density at radius 2 is 2.14 bits per heavy atom. The summed E-state index contributed by atoms with van der Waals surface area (Å²) in [6.45, 7) is 4.86. The van der Waals surface area contributed by atoms with E-state index in [1.807, 2.05) is 44.2 Å². The Balaban J connectivity index is 1.85. The number of nitrogens with zero attached hydrogens (tertiary/aromatic N) is 2. The fraction of sp³-hybridized carbons (Fsp3) is 0.333. The summed E-state index contributed by atoms with van der Waals surface area (Å²) >= 11 is 0. The second-order valence-electron chi connectivity index (χ2n) is 4.82. The summed E-state index contributed by atoms with van der Waals surface area (Å²) < 4.78 is 5.63. The number of hydrogen-bond donors (Lipinski definition) is 2. The van der Waals surface area contributed by atoms with Crippen LogP contribution in [0.2, 0.25) is 0 Å². The third kappa shape index (κ3) is 4.52. The van der Waals surface area contributed by atoms with E-state index in [4.69, 9.17) is 4.74 Å². The first-order chi connectivity index (χ1) is 10.2. The largest absolute Gasteiger partial charge is 0.492 e. The fourth-order valence-electron chi connectivity index (χ4n) is 1.88. The number of anilines is 1. The molecule has 0 aliphatic rings. The number of aromatic nitrogens is 2. The quantitative estimate of drug-likeness (QED) is 0.858. The van der Waals surface area contributed by atoms with Crippen LogP contribution in [-0.2, 0) is 0 Å². The molecule has 0 fully saturated rings. The molecule has 6 heteroatoms. The van der Waals surface area contributed by atoms with Crippen LogP contribution in [0, 0.1) is 0 Å². The zero-order valence-electron chi connectivity index (χ0n) is 12.2. The molecule has 0 radical (unpaired) electrons. The number of hydrogen-bond acceptors (Lipinski definition) is 3. The number of ether oxygens (including phenoxy) is 1. The first-order valence-corrected chi connectivity index (χ1v) is 6.91. The van der Waals surface area contributed by atoms with E-state index < -0.39 is 0 Å². The van der Waals surface area contributed by atoms with Gasteiger partial charge in [-0.2, -0.15) is 0 Å². The minimum Gasteiger partial charge on any atom is -0.492 e. The molecule has 2 rings (SSSR count). The van der Waals surface area contributed by atoms with Gasteiger partial charge in [0.1, 0.15) is 12.4 Å². The van der Waals surface area contributed by atoms with Crippen molar-refractivity contribution >= 4 is 12.0 Å². The van der Waals surface area contributed by atoms with Crippen LogP contribution >= 0.6 is 0 Å². The van der Waals surface area contributed by atoms with E-state index in [-0.39, 0.29) is 12.1 Å². The molecule has 112 valence electrons. The molecule has 1 aromatic heterocycles. The van der Waals surface area contributed by atoms with Gasteiger partial charge in [0.25, 0.3) is 0 Å². The highest BCUT2D eigenvalue weighted by Gasteiger charge is 2.17. The molecular formula is C15H20N4O2. The Morgan fingerprint density at radius 3 is 2.76 bits per heavy atom. The van der Waals surface area contributed by atoms with Crippen molar-refractivity contribution in [1.82, 2.24) is 14.9 Å². The van der Waals surface area contributed by atoms with Crippen LogP contribution in [0.25, 0.3) is 0 Å². The molecule has 2 N–H and O–H groups in total. The van der Waals surface area contributed by atoms with Crippen molar-refractivity contribution in [2.24, 2.45) is 0 Å². The SMILES string of the molecule is CC(C)N(CCOc1ccccc1)C(=O)Nc1ncc[nH]1. The second kappa shape index (κ2) is 7.33. The Morgan fingerprint density at radius 1 is 1.38 bits per heavy atom. The van der Waals surface area contributed by atoms with E-state index in [9.17, 15) is 4.79 Å². The van der Waals surface area contributed by atoms with Crippen molar-refractivity contribution in [1.29, 1.82) is 0 Å². The average molecular weight is 288 g/mol. The Labute approximate surface area is 124 Å². The molecule has 0 spiro atoms. The molecule has 2 aromatic rings. The number of rotatable bonds is 6. The van der Waals surface area contributed by atoms with Crippen molar-refractivity contribution in [3.63, 3.8) is 0 Å². The lowest BCUT2D eigenvalue weighted by Gasteiger charge is -2.26. The van der Waals surface area contributed by atoms with Crippen LogP contribution in [-0.4, -0.2) is 40.1 Å². The lowest BCUT2D eigenvalue weighted by atomic mass is 10.3. The summed E-state index contributed by atoms with van der Waals surface area (Å²) in [6, 6.07) is 9.42. The Bertz CT molecular complexity index is 540. The van der Waals surface area contributed by atoms with Gasteiger partial charge in [-0.25, -0.2) is 9.78 Å². The number of aromatic amines is 1.